The van der Waals surface area contributed by atoms with Crippen LogP contribution < -0.4 is 5.32 Å². The molecule has 0 aliphatic rings. The molecule has 0 saturated heterocycles. The maximum Gasteiger partial charge on any atom is 0.348 e. The third kappa shape index (κ3) is 5.14. The van der Waals surface area contributed by atoms with E-state index in [4.69, 9.17) is 4.74 Å². The molecule has 1 N–H and O–H groups in total. The second-order valence-electron chi connectivity index (χ2n) is 5.49. The Balaban J connectivity index is 1.95. The second-order valence-corrected chi connectivity index (χ2v) is 8.65. The summed E-state index contributed by atoms with van der Waals surface area (Å²) in [5, 5.41) is 2.51. The van der Waals surface area contributed by atoms with Crippen molar-refractivity contribution < 1.29 is 22.7 Å². The highest BCUT2D eigenvalue weighted by Crippen LogP contribution is 2.23. The number of ether oxygens (including phenoxy) is 1. The van der Waals surface area contributed by atoms with Crippen LogP contribution in [-0.2, 0) is 25.8 Å². The molecule has 0 radical (unpaired) electrons. The second kappa shape index (κ2) is 7.79. The lowest BCUT2D eigenvalue weighted by Gasteiger charge is -2.07. The summed E-state index contributed by atoms with van der Waals surface area (Å²) in [6, 6.07) is 7.63. The van der Waals surface area contributed by atoms with Gasteiger partial charge in [0.05, 0.1) is 4.90 Å². The number of thiophene rings is 1. The zero-order valence-electron chi connectivity index (χ0n) is 14.2. The minimum Gasteiger partial charge on any atom is -0.451 e. The molecule has 0 atom stereocenters. The Morgan fingerprint density at radius 2 is 1.96 bits per heavy atom. The van der Waals surface area contributed by atoms with Gasteiger partial charge in [0.25, 0.3) is 5.91 Å². The normalized spacial score (nSPS) is 11.2. The number of carbonyl (C=O) groups excluding carboxylic acids is 2. The van der Waals surface area contributed by atoms with Crippen LogP contribution >= 0.6 is 11.3 Å². The van der Waals surface area contributed by atoms with Crippen LogP contribution in [0.25, 0.3) is 0 Å². The third-order valence-electron chi connectivity index (χ3n) is 3.42. The van der Waals surface area contributed by atoms with Gasteiger partial charge in [-0.25, -0.2) is 13.2 Å². The van der Waals surface area contributed by atoms with Crippen molar-refractivity contribution in [3.63, 3.8) is 0 Å². The fourth-order valence-electron chi connectivity index (χ4n) is 2.18. The first-order valence-electron chi connectivity index (χ1n) is 7.57. The highest BCUT2D eigenvalue weighted by molar-refractivity contribution is 7.90. The van der Waals surface area contributed by atoms with E-state index in [-0.39, 0.29) is 4.90 Å². The van der Waals surface area contributed by atoms with Crippen LogP contribution in [0.5, 0.6) is 0 Å². The van der Waals surface area contributed by atoms with Crippen LogP contribution in [0, 0.1) is 6.92 Å². The lowest BCUT2D eigenvalue weighted by Crippen LogP contribution is -2.20. The Bertz CT molecular complexity index is 900. The molecule has 1 heterocycles. The van der Waals surface area contributed by atoms with Crippen molar-refractivity contribution in [2.45, 2.75) is 25.2 Å². The lowest BCUT2D eigenvalue weighted by molar-refractivity contribution is -0.119. The monoisotopic (exact) mass is 381 g/mol. The zero-order chi connectivity index (χ0) is 18.6. The molecule has 25 heavy (non-hydrogen) atoms. The van der Waals surface area contributed by atoms with Gasteiger partial charge in [-0.1, -0.05) is 13.0 Å². The molecule has 0 fully saturated rings. The number of rotatable bonds is 6. The minimum absolute atomic E-state index is 0.100. The molecule has 134 valence electrons. The first-order valence-corrected chi connectivity index (χ1v) is 10.3. The summed E-state index contributed by atoms with van der Waals surface area (Å²) in [4.78, 5) is 25.6. The van der Waals surface area contributed by atoms with Crippen LogP contribution in [-0.4, -0.2) is 33.2 Å². The van der Waals surface area contributed by atoms with Gasteiger partial charge in [-0.3, -0.25) is 4.79 Å². The summed E-state index contributed by atoms with van der Waals surface area (Å²) < 4.78 is 28.0. The molecule has 6 nitrogen and oxygen atoms in total. The molecule has 0 aliphatic heterocycles. The van der Waals surface area contributed by atoms with E-state index in [0.29, 0.717) is 10.6 Å². The van der Waals surface area contributed by atoms with Crippen molar-refractivity contribution >= 4 is 38.7 Å². The molecule has 8 heteroatoms. The van der Waals surface area contributed by atoms with Crippen molar-refractivity contribution in [3.8, 4) is 0 Å². The molecule has 0 aliphatic carbocycles. The SMILES string of the molecule is CCc1sc(C(=O)OCC(=O)Nc2cccc(S(C)(=O)=O)c2)cc1C. The summed E-state index contributed by atoms with van der Waals surface area (Å²) in [5.41, 5.74) is 1.35. The van der Waals surface area contributed by atoms with Gasteiger partial charge in [-0.15, -0.1) is 11.3 Å². The number of nitrogens with one attached hydrogen (secondary N) is 1. The van der Waals surface area contributed by atoms with Gasteiger partial charge in [0, 0.05) is 16.8 Å². The molecule has 1 aromatic carbocycles. The number of anilines is 1. The number of amides is 1. The van der Waals surface area contributed by atoms with E-state index in [1.807, 2.05) is 13.8 Å². The molecule has 0 unspecified atom stereocenters. The van der Waals surface area contributed by atoms with Crippen molar-refractivity contribution in [1.82, 2.24) is 0 Å². The predicted molar refractivity (Wildman–Crippen MR) is 96.9 cm³/mol. The van der Waals surface area contributed by atoms with E-state index < -0.39 is 28.3 Å². The Kier molecular flexibility index (Phi) is 5.97. The molecular formula is C17H19NO5S2. The zero-order valence-corrected chi connectivity index (χ0v) is 15.8. The lowest BCUT2D eigenvalue weighted by atomic mass is 10.2. The number of sulfone groups is 1. The van der Waals surface area contributed by atoms with Crippen LogP contribution in [0.4, 0.5) is 5.69 Å². The maximum atomic E-state index is 12.0. The Morgan fingerprint density at radius 1 is 1.24 bits per heavy atom. The Labute approximate surface area is 150 Å². The molecule has 0 spiro atoms. The van der Waals surface area contributed by atoms with Crippen molar-refractivity contribution in [2.24, 2.45) is 0 Å². The number of hydrogen-bond acceptors (Lipinski definition) is 6. The largest absolute Gasteiger partial charge is 0.451 e. The average molecular weight is 381 g/mol. The van der Waals surface area contributed by atoms with Gasteiger partial charge in [0.2, 0.25) is 0 Å². The van der Waals surface area contributed by atoms with E-state index in [1.54, 1.807) is 12.1 Å². The van der Waals surface area contributed by atoms with Crippen LogP contribution in [0.15, 0.2) is 35.2 Å². The molecule has 2 aromatic rings. The number of aryl methyl sites for hydroxylation is 2. The smallest absolute Gasteiger partial charge is 0.348 e. The number of benzene rings is 1. The quantitative estimate of drug-likeness (QED) is 0.777. The van der Waals surface area contributed by atoms with E-state index in [9.17, 15) is 18.0 Å². The van der Waals surface area contributed by atoms with Crippen molar-refractivity contribution in [3.05, 3.63) is 45.6 Å². The van der Waals surface area contributed by atoms with Crippen molar-refractivity contribution in [1.29, 1.82) is 0 Å². The fraction of sp³-hybridized carbons (Fsp3) is 0.294. The minimum atomic E-state index is -3.36. The van der Waals surface area contributed by atoms with E-state index in [1.165, 1.54) is 29.5 Å². The Morgan fingerprint density at radius 3 is 2.56 bits per heavy atom. The standard InChI is InChI=1S/C17H19NO5S2/c1-4-14-11(2)8-15(24-14)17(20)23-10-16(19)18-12-6-5-7-13(9-12)25(3,21)22/h5-9H,4,10H2,1-3H3,(H,18,19). The molecule has 0 bridgehead atoms. The Hall–Kier alpha value is -2.19. The topological polar surface area (TPSA) is 89.5 Å². The van der Waals surface area contributed by atoms with Crippen LogP contribution in [0.3, 0.4) is 0 Å². The van der Waals surface area contributed by atoms with Gasteiger partial charge in [-0.2, -0.15) is 0 Å². The van der Waals surface area contributed by atoms with Crippen molar-refractivity contribution in [2.75, 3.05) is 18.2 Å². The number of carbonyl (C=O) groups is 2. The molecular weight excluding hydrogens is 362 g/mol. The first-order chi connectivity index (χ1) is 11.7. The number of hydrogen-bond donors (Lipinski definition) is 1. The summed E-state index contributed by atoms with van der Waals surface area (Å²) in [5.74, 6) is -1.09. The molecule has 1 aromatic heterocycles. The summed E-state index contributed by atoms with van der Waals surface area (Å²) >= 11 is 1.35. The van der Waals surface area contributed by atoms with Crippen LogP contribution in [0.1, 0.15) is 27.0 Å². The summed E-state index contributed by atoms with van der Waals surface area (Å²) in [6.45, 7) is 3.49. The van der Waals surface area contributed by atoms with Crippen LogP contribution in [0.2, 0.25) is 0 Å². The molecule has 2 rings (SSSR count). The van der Waals surface area contributed by atoms with E-state index in [2.05, 4.69) is 5.32 Å². The molecule has 0 saturated carbocycles. The summed E-state index contributed by atoms with van der Waals surface area (Å²) in [7, 11) is -3.36. The number of esters is 1. The van der Waals surface area contributed by atoms with Gasteiger partial charge in [0.1, 0.15) is 4.88 Å². The van der Waals surface area contributed by atoms with Gasteiger partial charge in [-0.05, 0) is 43.2 Å². The highest BCUT2D eigenvalue weighted by atomic mass is 32.2. The van der Waals surface area contributed by atoms with Gasteiger partial charge < -0.3 is 10.1 Å². The third-order valence-corrected chi connectivity index (χ3v) is 5.89. The molecule has 1 amide bonds. The van der Waals surface area contributed by atoms with E-state index >= 15 is 0 Å². The summed E-state index contributed by atoms with van der Waals surface area (Å²) in [6.07, 6.45) is 1.92. The first kappa shape index (κ1) is 19.1. The van der Waals surface area contributed by atoms with Gasteiger partial charge >= 0.3 is 5.97 Å². The fourth-order valence-corrected chi connectivity index (χ4v) is 3.85. The average Bonchev–Trinajstić information content (AvgIpc) is 2.93. The van der Waals surface area contributed by atoms with Gasteiger partial charge in [0.15, 0.2) is 16.4 Å². The highest BCUT2D eigenvalue weighted by Gasteiger charge is 2.15. The predicted octanol–water partition coefficient (Wildman–Crippen LogP) is 2.82. The maximum absolute atomic E-state index is 12.0. The van der Waals surface area contributed by atoms with E-state index in [0.717, 1.165) is 23.1 Å².